The molecular formula is C17H22ClN5O. The summed E-state index contributed by atoms with van der Waals surface area (Å²) in [4.78, 5) is 23.6. The highest BCUT2D eigenvalue weighted by Gasteiger charge is 2.30. The molecule has 1 aliphatic heterocycles. The van der Waals surface area contributed by atoms with Crippen LogP contribution in [0, 0.1) is 0 Å². The van der Waals surface area contributed by atoms with Crippen molar-refractivity contribution in [2.75, 3.05) is 6.54 Å². The normalized spacial score (nSPS) is 18.2. The molecule has 1 fully saturated rings. The van der Waals surface area contributed by atoms with Gasteiger partial charge in [0.1, 0.15) is 5.82 Å². The fourth-order valence-electron chi connectivity index (χ4n) is 3.03. The summed E-state index contributed by atoms with van der Waals surface area (Å²) < 4.78 is 1.87. The van der Waals surface area contributed by atoms with Crippen LogP contribution in [0.25, 0.3) is 0 Å². The van der Waals surface area contributed by atoms with Crippen molar-refractivity contribution in [2.24, 2.45) is 0 Å². The summed E-state index contributed by atoms with van der Waals surface area (Å²) in [5, 5.41) is 4.57. The Hall–Kier alpha value is -1.95. The number of nitrogens with zero attached hydrogens (tertiary/aromatic N) is 5. The van der Waals surface area contributed by atoms with Crippen LogP contribution in [0.15, 0.2) is 24.7 Å². The number of rotatable bonds is 4. The predicted octanol–water partition coefficient (Wildman–Crippen LogP) is 3.14. The zero-order valence-corrected chi connectivity index (χ0v) is 14.8. The lowest BCUT2D eigenvalue weighted by molar-refractivity contribution is 0.0577. The number of carbonyl (C=O) groups excluding carboxylic acids is 1. The van der Waals surface area contributed by atoms with Crippen LogP contribution in [0.3, 0.4) is 0 Å². The van der Waals surface area contributed by atoms with Crippen LogP contribution in [-0.2, 0) is 6.54 Å². The van der Waals surface area contributed by atoms with E-state index in [9.17, 15) is 4.79 Å². The monoisotopic (exact) mass is 347 g/mol. The molecular weight excluding hydrogens is 326 g/mol. The molecule has 3 heterocycles. The van der Waals surface area contributed by atoms with Crippen molar-refractivity contribution >= 4 is 17.5 Å². The number of carbonyl (C=O) groups is 1. The molecule has 0 radical (unpaired) electrons. The van der Waals surface area contributed by atoms with Crippen molar-refractivity contribution in [3.05, 3.63) is 41.2 Å². The number of piperidine rings is 1. The molecule has 7 heteroatoms. The van der Waals surface area contributed by atoms with Gasteiger partial charge in [-0.05, 0) is 25.3 Å². The van der Waals surface area contributed by atoms with Crippen LogP contribution in [0.4, 0.5) is 0 Å². The van der Waals surface area contributed by atoms with Crippen LogP contribution < -0.4 is 0 Å². The van der Waals surface area contributed by atoms with Gasteiger partial charge in [-0.2, -0.15) is 5.10 Å². The Kier molecular flexibility index (Phi) is 5.14. The Balaban J connectivity index is 1.85. The molecule has 6 nitrogen and oxygen atoms in total. The third kappa shape index (κ3) is 3.59. The van der Waals surface area contributed by atoms with Gasteiger partial charge in [0.05, 0.1) is 23.8 Å². The van der Waals surface area contributed by atoms with Crippen molar-refractivity contribution in [3.8, 4) is 0 Å². The predicted molar refractivity (Wildman–Crippen MR) is 92.0 cm³/mol. The topological polar surface area (TPSA) is 63.9 Å². The summed E-state index contributed by atoms with van der Waals surface area (Å²) in [5.74, 6) is 0.680. The van der Waals surface area contributed by atoms with Crippen molar-refractivity contribution in [2.45, 2.75) is 51.6 Å². The van der Waals surface area contributed by atoms with Gasteiger partial charge in [0.15, 0.2) is 5.69 Å². The maximum atomic E-state index is 13.1. The molecule has 0 N–H and O–H groups in total. The second-order valence-electron chi connectivity index (χ2n) is 6.46. The molecule has 1 amide bonds. The average Bonchev–Trinajstić information content (AvgIpc) is 3.08. The highest BCUT2D eigenvalue weighted by Crippen LogP contribution is 2.24. The molecule has 2 aromatic heterocycles. The largest absolute Gasteiger partial charge is 0.332 e. The van der Waals surface area contributed by atoms with E-state index < -0.39 is 0 Å². The minimum atomic E-state index is -0.110. The first-order valence-electron chi connectivity index (χ1n) is 8.37. The van der Waals surface area contributed by atoms with Crippen LogP contribution >= 0.6 is 11.6 Å². The van der Waals surface area contributed by atoms with Crippen molar-refractivity contribution in [3.63, 3.8) is 0 Å². The number of likely N-dealkylation sites (tertiary alicyclic amines) is 1. The molecule has 1 saturated heterocycles. The van der Waals surface area contributed by atoms with E-state index in [1.165, 1.54) is 6.20 Å². The van der Waals surface area contributed by atoms with Crippen molar-refractivity contribution in [1.82, 2.24) is 24.6 Å². The van der Waals surface area contributed by atoms with E-state index in [1.54, 1.807) is 6.20 Å². The minimum Gasteiger partial charge on any atom is -0.332 e. The Morgan fingerprint density at radius 1 is 1.42 bits per heavy atom. The number of hydrogen-bond donors (Lipinski definition) is 0. The molecule has 1 unspecified atom stereocenters. The van der Waals surface area contributed by atoms with E-state index in [1.807, 2.05) is 35.7 Å². The summed E-state index contributed by atoms with van der Waals surface area (Å²) >= 11 is 6.22. The van der Waals surface area contributed by atoms with Gasteiger partial charge in [-0.3, -0.25) is 9.48 Å². The molecule has 0 aliphatic carbocycles. The van der Waals surface area contributed by atoms with Gasteiger partial charge < -0.3 is 4.90 Å². The van der Waals surface area contributed by atoms with Gasteiger partial charge in [0.2, 0.25) is 0 Å². The molecule has 0 bridgehead atoms. The highest BCUT2D eigenvalue weighted by molar-refractivity contribution is 6.33. The lowest BCUT2D eigenvalue weighted by atomic mass is 10.0. The van der Waals surface area contributed by atoms with Crippen molar-refractivity contribution < 1.29 is 4.79 Å². The number of halogens is 1. The van der Waals surface area contributed by atoms with Gasteiger partial charge in [-0.25, -0.2) is 9.97 Å². The lowest BCUT2D eigenvalue weighted by Gasteiger charge is -2.35. The number of hydrogen-bond acceptors (Lipinski definition) is 4. The maximum Gasteiger partial charge on any atom is 0.274 e. The fraction of sp³-hybridized carbons (Fsp3) is 0.529. The summed E-state index contributed by atoms with van der Waals surface area (Å²) in [6.07, 6.45) is 8.29. The van der Waals surface area contributed by atoms with Crippen LogP contribution in [0.5, 0.6) is 0 Å². The highest BCUT2D eigenvalue weighted by atomic mass is 35.5. The third-order valence-electron chi connectivity index (χ3n) is 4.33. The molecule has 1 aliphatic rings. The first kappa shape index (κ1) is 16.9. The summed E-state index contributed by atoms with van der Waals surface area (Å²) in [6.45, 7) is 5.42. The van der Waals surface area contributed by atoms with Gasteiger partial charge >= 0.3 is 0 Å². The van der Waals surface area contributed by atoms with Crippen LogP contribution in [0.1, 0.15) is 55.3 Å². The third-order valence-corrected chi connectivity index (χ3v) is 4.60. The second kappa shape index (κ2) is 7.30. The van der Waals surface area contributed by atoms with E-state index in [0.29, 0.717) is 23.1 Å². The van der Waals surface area contributed by atoms with Gasteiger partial charge in [-0.1, -0.05) is 25.4 Å². The first-order valence-corrected chi connectivity index (χ1v) is 8.75. The lowest BCUT2D eigenvalue weighted by Crippen LogP contribution is -2.46. The van der Waals surface area contributed by atoms with Gasteiger partial charge in [-0.15, -0.1) is 0 Å². The Bertz CT molecular complexity index is 701. The molecule has 128 valence electrons. The average molecular weight is 348 g/mol. The molecule has 3 rings (SSSR count). The Labute approximate surface area is 146 Å². The summed E-state index contributed by atoms with van der Waals surface area (Å²) in [6, 6.07) is 2.00. The zero-order chi connectivity index (χ0) is 17.1. The molecule has 0 saturated carbocycles. The van der Waals surface area contributed by atoms with Crippen LogP contribution in [0.2, 0.25) is 5.02 Å². The molecule has 24 heavy (non-hydrogen) atoms. The molecule has 2 aromatic rings. The summed E-state index contributed by atoms with van der Waals surface area (Å²) in [5.41, 5.74) is 0.308. The second-order valence-corrected chi connectivity index (χ2v) is 6.86. The first-order chi connectivity index (χ1) is 11.6. The van der Waals surface area contributed by atoms with E-state index in [-0.39, 0.29) is 17.9 Å². The maximum absolute atomic E-state index is 13.1. The number of aromatic nitrogens is 4. The summed E-state index contributed by atoms with van der Waals surface area (Å²) in [7, 11) is 0. The van der Waals surface area contributed by atoms with Crippen LogP contribution in [-0.4, -0.2) is 43.1 Å². The van der Waals surface area contributed by atoms with E-state index in [4.69, 9.17) is 11.6 Å². The van der Waals surface area contributed by atoms with E-state index in [2.05, 4.69) is 15.1 Å². The smallest absolute Gasteiger partial charge is 0.274 e. The molecule has 0 aromatic carbocycles. The Morgan fingerprint density at radius 3 is 2.96 bits per heavy atom. The van der Waals surface area contributed by atoms with Crippen molar-refractivity contribution in [1.29, 1.82) is 0 Å². The zero-order valence-electron chi connectivity index (χ0n) is 14.0. The SMILES string of the molecule is CC(C)c1ncc(Cl)c(C(=O)N2CCCCC2Cn2cccn2)n1. The number of amides is 1. The minimum absolute atomic E-state index is 0.110. The van der Waals surface area contributed by atoms with Gasteiger partial charge in [0, 0.05) is 24.9 Å². The quantitative estimate of drug-likeness (QED) is 0.852. The Morgan fingerprint density at radius 2 is 2.25 bits per heavy atom. The standard InChI is InChI=1S/C17H22ClN5O/c1-12(2)16-19-10-14(18)15(21-16)17(24)23-9-4-3-6-13(23)11-22-8-5-7-20-22/h5,7-8,10,12-13H,3-4,6,9,11H2,1-2H3. The van der Waals surface area contributed by atoms with E-state index >= 15 is 0 Å². The van der Waals surface area contributed by atoms with E-state index in [0.717, 1.165) is 25.8 Å². The van der Waals surface area contributed by atoms with Gasteiger partial charge in [0.25, 0.3) is 5.91 Å². The fourth-order valence-corrected chi connectivity index (χ4v) is 3.20. The molecule has 0 spiro atoms. The molecule has 1 atom stereocenters.